The Labute approximate surface area is 115 Å². The van der Waals surface area contributed by atoms with Gasteiger partial charge in [-0.25, -0.2) is 0 Å². The summed E-state index contributed by atoms with van der Waals surface area (Å²) >= 11 is 0. The molecule has 0 bridgehead atoms. The summed E-state index contributed by atoms with van der Waals surface area (Å²) in [5.41, 5.74) is 0. The number of carbonyl (C=O) groups is 2. The summed E-state index contributed by atoms with van der Waals surface area (Å²) < 4.78 is 0. The van der Waals surface area contributed by atoms with Crippen molar-refractivity contribution in [2.75, 3.05) is 0 Å². The van der Waals surface area contributed by atoms with Crippen molar-refractivity contribution in [3.63, 3.8) is 0 Å². The number of piperazine rings is 1. The summed E-state index contributed by atoms with van der Waals surface area (Å²) in [7, 11) is 0. The Balaban J connectivity index is 2.20. The molecule has 2 atom stereocenters. The zero-order chi connectivity index (χ0) is 14.2. The van der Waals surface area contributed by atoms with Crippen LogP contribution in [0.1, 0.15) is 53.4 Å². The molecule has 0 spiro atoms. The standard InChI is InChI=1S/C15H26N2O2/c1-9(2)8-12-15(19)17(11-6-5-7-11)13(10(3)4)14(18)16-12/h9-13H,5-8H2,1-4H3,(H,16,18). The molecule has 1 aliphatic heterocycles. The van der Waals surface area contributed by atoms with Crippen molar-refractivity contribution in [3.8, 4) is 0 Å². The summed E-state index contributed by atoms with van der Waals surface area (Å²) in [6.07, 6.45) is 4.02. The number of hydrogen-bond donors (Lipinski definition) is 1. The number of nitrogens with zero attached hydrogens (tertiary/aromatic N) is 1. The molecular formula is C15H26N2O2. The Kier molecular flexibility index (Phi) is 4.16. The van der Waals surface area contributed by atoms with Gasteiger partial charge in [-0.15, -0.1) is 0 Å². The average molecular weight is 266 g/mol. The minimum atomic E-state index is -0.317. The van der Waals surface area contributed by atoms with Crippen LogP contribution in [0.4, 0.5) is 0 Å². The van der Waals surface area contributed by atoms with Gasteiger partial charge < -0.3 is 10.2 Å². The number of amides is 2. The molecular weight excluding hydrogens is 240 g/mol. The number of nitrogens with one attached hydrogen (secondary N) is 1. The van der Waals surface area contributed by atoms with E-state index >= 15 is 0 Å². The largest absolute Gasteiger partial charge is 0.342 e. The van der Waals surface area contributed by atoms with E-state index in [9.17, 15) is 9.59 Å². The van der Waals surface area contributed by atoms with Crippen molar-refractivity contribution in [2.24, 2.45) is 11.8 Å². The smallest absolute Gasteiger partial charge is 0.246 e. The molecule has 0 aromatic carbocycles. The molecule has 2 rings (SSSR count). The van der Waals surface area contributed by atoms with Crippen molar-refractivity contribution in [3.05, 3.63) is 0 Å². The first-order valence-electron chi connectivity index (χ1n) is 7.54. The van der Waals surface area contributed by atoms with Gasteiger partial charge in [0.05, 0.1) is 0 Å². The first kappa shape index (κ1) is 14.4. The zero-order valence-corrected chi connectivity index (χ0v) is 12.5. The van der Waals surface area contributed by atoms with E-state index in [1.54, 1.807) is 0 Å². The maximum atomic E-state index is 12.7. The highest BCUT2D eigenvalue weighted by Crippen LogP contribution is 2.31. The third kappa shape index (κ3) is 2.77. The van der Waals surface area contributed by atoms with E-state index in [0.717, 1.165) is 19.3 Å². The SMILES string of the molecule is CC(C)CC1NC(=O)C(C(C)C)N(C2CCC2)C1=O. The van der Waals surface area contributed by atoms with Crippen LogP contribution in [0.25, 0.3) is 0 Å². The minimum absolute atomic E-state index is 0.0344. The highest BCUT2D eigenvalue weighted by atomic mass is 16.2. The van der Waals surface area contributed by atoms with Gasteiger partial charge in [0, 0.05) is 6.04 Å². The van der Waals surface area contributed by atoms with Crippen molar-refractivity contribution in [1.82, 2.24) is 10.2 Å². The van der Waals surface area contributed by atoms with Gasteiger partial charge in [0.25, 0.3) is 0 Å². The van der Waals surface area contributed by atoms with Gasteiger partial charge in [0.1, 0.15) is 12.1 Å². The molecule has 1 heterocycles. The zero-order valence-electron chi connectivity index (χ0n) is 12.5. The third-order valence-corrected chi connectivity index (χ3v) is 4.24. The fourth-order valence-electron chi connectivity index (χ4n) is 3.09. The predicted molar refractivity (Wildman–Crippen MR) is 74.5 cm³/mol. The maximum Gasteiger partial charge on any atom is 0.246 e. The summed E-state index contributed by atoms with van der Waals surface area (Å²) in [5.74, 6) is 0.751. The predicted octanol–water partition coefficient (Wildman–Crippen LogP) is 1.94. The van der Waals surface area contributed by atoms with Gasteiger partial charge in [-0.05, 0) is 37.5 Å². The first-order valence-corrected chi connectivity index (χ1v) is 7.54. The van der Waals surface area contributed by atoms with Crippen molar-refractivity contribution < 1.29 is 9.59 Å². The molecule has 19 heavy (non-hydrogen) atoms. The van der Waals surface area contributed by atoms with Crippen molar-refractivity contribution >= 4 is 11.8 Å². The highest BCUT2D eigenvalue weighted by Gasteiger charge is 2.46. The second-order valence-electron chi connectivity index (χ2n) is 6.71. The van der Waals surface area contributed by atoms with Gasteiger partial charge in [0.2, 0.25) is 11.8 Å². The molecule has 1 saturated heterocycles. The van der Waals surface area contributed by atoms with Crippen molar-refractivity contribution in [1.29, 1.82) is 0 Å². The fourth-order valence-corrected chi connectivity index (χ4v) is 3.09. The monoisotopic (exact) mass is 266 g/mol. The molecule has 0 aromatic heterocycles. The van der Waals surface area contributed by atoms with Crippen LogP contribution in [0.2, 0.25) is 0 Å². The van der Waals surface area contributed by atoms with Gasteiger partial charge in [-0.3, -0.25) is 9.59 Å². The van der Waals surface area contributed by atoms with E-state index in [-0.39, 0.29) is 29.8 Å². The Bertz CT molecular complexity index is 361. The minimum Gasteiger partial charge on any atom is -0.342 e. The van der Waals surface area contributed by atoms with E-state index in [1.807, 2.05) is 18.7 Å². The highest BCUT2D eigenvalue weighted by molar-refractivity contribution is 5.97. The van der Waals surface area contributed by atoms with Gasteiger partial charge in [0.15, 0.2) is 0 Å². The lowest BCUT2D eigenvalue weighted by molar-refractivity contribution is -0.156. The summed E-state index contributed by atoms with van der Waals surface area (Å²) in [6.45, 7) is 8.21. The van der Waals surface area contributed by atoms with Gasteiger partial charge in [-0.1, -0.05) is 27.7 Å². The topological polar surface area (TPSA) is 49.4 Å². The van der Waals surface area contributed by atoms with Gasteiger partial charge in [-0.2, -0.15) is 0 Å². The van der Waals surface area contributed by atoms with Crippen LogP contribution < -0.4 is 5.32 Å². The lowest BCUT2D eigenvalue weighted by atomic mass is 9.85. The van der Waals surface area contributed by atoms with Crippen LogP contribution in [-0.2, 0) is 9.59 Å². The lowest BCUT2D eigenvalue weighted by Crippen LogP contribution is -2.68. The molecule has 2 aliphatic rings. The van der Waals surface area contributed by atoms with E-state index in [4.69, 9.17) is 0 Å². The van der Waals surface area contributed by atoms with Crippen LogP contribution in [0, 0.1) is 11.8 Å². The number of rotatable bonds is 4. The van der Waals surface area contributed by atoms with Crippen LogP contribution >= 0.6 is 0 Å². The quantitative estimate of drug-likeness (QED) is 0.845. The Morgan fingerprint density at radius 2 is 1.84 bits per heavy atom. The van der Waals surface area contributed by atoms with Crippen LogP contribution in [0.15, 0.2) is 0 Å². The van der Waals surface area contributed by atoms with E-state index in [1.165, 1.54) is 6.42 Å². The second-order valence-corrected chi connectivity index (χ2v) is 6.71. The van der Waals surface area contributed by atoms with Crippen LogP contribution in [0.3, 0.4) is 0 Å². The molecule has 1 aliphatic carbocycles. The van der Waals surface area contributed by atoms with Gasteiger partial charge >= 0.3 is 0 Å². The van der Waals surface area contributed by atoms with E-state index < -0.39 is 0 Å². The normalized spacial score (nSPS) is 28.8. The molecule has 2 unspecified atom stereocenters. The summed E-state index contributed by atoms with van der Waals surface area (Å²) in [4.78, 5) is 26.9. The first-order chi connectivity index (χ1) is 8.91. The Hall–Kier alpha value is -1.06. The number of hydrogen-bond acceptors (Lipinski definition) is 2. The van der Waals surface area contributed by atoms with Crippen LogP contribution in [-0.4, -0.2) is 34.8 Å². The second kappa shape index (κ2) is 5.51. The van der Waals surface area contributed by atoms with E-state index in [2.05, 4.69) is 19.2 Å². The molecule has 108 valence electrons. The fraction of sp³-hybridized carbons (Fsp3) is 0.867. The average Bonchev–Trinajstić information content (AvgIpc) is 2.21. The Morgan fingerprint density at radius 3 is 2.26 bits per heavy atom. The molecule has 2 fully saturated rings. The summed E-state index contributed by atoms with van der Waals surface area (Å²) in [5, 5.41) is 2.93. The molecule has 2 amide bonds. The molecule has 0 aromatic rings. The molecule has 1 saturated carbocycles. The Morgan fingerprint density at radius 1 is 1.21 bits per heavy atom. The number of carbonyl (C=O) groups excluding carboxylic acids is 2. The third-order valence-electron chi connectivity index (χ3n) is 4.24. The molecule has 0 radical (unpaired) electrons. The van der Waals surface area contributed by atoms with E-state index in [0.29, 0.717) is 12.0 Å². The van der Waals surface area contributed by atoms with Crippen molar-refractivity contribution in [2.45, 2.75) is 71.5 Å². The summed E-state index contributed by atoms with van der Waals surface area (Å²) in [6, 6.07) is -0.301. The molecule has 1 N–H and O–H groups in total. The maximum absolute atomic E-state index is 12.7. The molecule has 4 nitrogen and oxygen atoms in total. The molecule has 4 heteroatoms. The lowest BCUT2D eigenvalue weighted by Gasteiger charge is -2.48. The van der Waals surface area contributed by atoms with Crippen LogP contribution in [0.5, 0.6) is 0 Å².